The molecule has 1 aliphatic heterocycles. The quantitative estimate of drug-likeness (QED) is 0.574. The first-order chi connectivity index (χ1) is 13.4. The van der Waals surface area contributed by atoms with E-state index in [-0.39, 0.29) is 6.29 Å². The van der Waals surface area contributed by atoms with Gasteiger partial charge in [-0.3, -0.25) is 0 Å². The van der Waals surface area contributed by atoms with E-state index >= 15 is 0 Å². The average molecular weight is 365 g/mol. The van der Waals surface area contributed by atoms with Crippen LogP contribution in [0, 0.1) is 0 Å². The zero-order valence-corrected chi connectivity index (χ0v) is 15.7. The Hall–Kier alpha value is -2.30. The summed E-state index contributed by atoms with van der Waals surface area (Å²) in [6.45, 7) is 2.98. The van der Waals surface area contributed by atoms with E-state index in [1.807, 2.05) is 12.1 Å². The summed E-state index contributed by atoms with van der Waals surface area (Å²) in [5, 5.41) is 1.22. The molecule has 1 unspecified atom stereocenters. The molecule has 142 valence electrons. The number of hydrogen-bond donors (Lipinski definition) is 0. The van der Waals surface area contributed by atoms with Gasteiger partial charge in [-0.25, -0.2) is 0 Å². The van der Waals surface area contributed by atoms with Crippen LogP contribution in [-0.4, -0.2) is 30.7 Å². The molecule has 27 heavy (non-hydrogen) atoms. The number of aromatic nitrogens is 1. The van der Waals surface area contributed by atoms with Gasteiger partial charge in [-0.15, -0.1) is 0 Å². The second-order valence-electron chi connectivity index (χ2n) is 6.98. The minimum absolute atomic E-state index is 0.0301. The molecule has 4 heteroatoms. The molecule has 2 aromatic carbocycles. The topological polar surface area (TPSA) is 32.6 Å². The van der Waals surface area contributed by atoms with Crippen molar-refractivity contribution in [2.75, 3.05) is 19.8 Å². The van der Waals surface area contributed by atoms with E-state index in [0.29, 0.717) is 13.2 Å². The molecule has 0 N–H and O–H groups in total. The van der Waals surface area contributed by atoms with E-state index in [2.05, 4.69) is 53.2 Å². The van der Waals surface area contributed by atoms with E-state index < -0.39 is 0 Å². The van der Waals surface area contributed by atoms with Crippen molar-refractivity contribution in [2.45, 2.75) is 38.5 Å². The lowest BCUT2D eigenvalue weighted by molar-refractivity contribution is -0.163. The van der Waals surface area contributed by atoms with Crippen LogP contribution < -0.4 is 4.74 Å². The van der Waals surface area contributed by atoms with E-state index in [0.717, 1.165) is 38.2 Å². The van der Waals surface area contributed by atoms with Crippen LogP contribution in [0.25, 0.3) is 10.9 Å². The van der Waals surface area contributed by atoms with Crippen LogP contribution in [0.2, 0.25) is 0 Å². The molecule has 1 aromatic heterocycles. The highest BCUT2D eigenvalue weighted by atomic mass is 16.7. The Kier molecular flexibility index (Phi) is 6.07. The van der Waals surface area contributed by atoms with Gasteiger partial charge in [0.15, 0.2) is 6.29 Å². The normalized spacial score (nSPS) is 17.3. The van der Waals surface area contributed by atoms with Crippen molar-refractivity contribution in [1.29, 1.82) is 0 Å². The second-order valence-corrected chi connectivity index (χ2v) is 6.98. The lowest BCUT2D eigenvalue weighted by atomic mass is 10.2. The lowest BCUT2D eigenvalue weighted by Crippen LogP contribution is -2.23. The summed E-state index contributed by atoms with van der Waals surface area (Å²) in [6.07, 6.45) is 6.35. The highest BCUT2D eigenvalue weighted by Gasteiger charge is 2.13. The van der Waals surface area contributed by atoms with Gasteiger partial charge in [0.1, 0.15) is 5.75 Å². The first-order valence-corrected chi connectivity index (χ1v) is 9.87. The maximum absolute atomic E-state index is 5.98. The van der Waals surface area contributed by atoms with Gasteiger partial charge in [-0.2, -0.15) is 0 Å². The van der Waals surface area contributed by atoms with Gasteiger partial charge < -0.3 is 18.8 Å². The van der Waals surface area contributed by atoms with Gasteiger partial charge in [0.05, 0.1) is 18.7 Å². The average Bonchev–Trinajstić information content (AvgIpc) is 3.12. The fourth-order valence-corrected chi connectivity index (χ4v) is 3.51. The zero-order chi connectivity index (χ0) is 18.3. The molecular weight excluding hydrogens is 338 g/mol. The summed E-state index contributed by atoms with van der Waals surface area (Å²) in [6, 6.07) is 18.9. The highest BCUT2D eigenvalue weighted by Crippen LogP contribution is 2.22. The maximum Gasteiger partial charge on any atom is 0.157 e. The van der Waals surface area contributed by atoms with Crippen molar-refractivity contribution >= 4 is 10.9 Å². The lowest BCUT2D eigenvalue weighted by Gasteiger charge is -2.22. The molecule has 0 radical (unpaired) electrons. The maximum atomic E-state index is 5.98. The minimum Gasteiger partial charge on any atom is -0.493 e. The van der Waals surface area contributed by atoms with Crippen molar-refractivity contribution in [1.82, 2.24) is 4.57 Å². The molecule has 1 aliphatic rings. The summed E-state index contributed by atoms with van der Waals surface area (Å²) in [7, 11) is 0. The Morgan fingerprint density at radius 3 is 2.78 bits per heavy atom. The highest BCUT2D eigenvalue weighted by molar-refractivity contribution is 5.81. The van der Waals surface area contributed by atoms with Crippen LogP contribution in [0.4, 0.5) is 0 Å². The molecule has 2 heterocycles. The van der Waals surface area contributed by atoms with Gasteiger partial charge >= 0.3 is 0 Å². The van der Waals surface area contributed by atoms with Crippen molar-refractivity contribution in [3.05, 3.63) is 66.4 Å². The monoisotopic (exact) mass is 365 g/mol. The summed E-state index contributed by atoms with van der Waals surface area (Å²) < 4.78 is 19.7. The number of hydrogen-bond acceptors (Lipinski definition) is 3. The van der Waals surface area contributed by atoms with Crippen LogP contribution in [0.1, 0.15) is 24.8 Å². The fourth-order valence-electron chi connectivity index (χ4n) is 3.51. The van der Waals surface area contributed by atoms with Gasteiger partial charge in [-0.05, 0) is 48.4 Å². The Bertz CT molecular complexity index is 837. The van der Waals surface area contributed by atoms with Crippen molar-refractivity contribution in [3.63, 3.8) is 0 Å². The Morgan fingerprint density at radius 1 is 1.00 bits per heavy atom. The molecule has 0 spiro atoms. The van der Waals surface area contributed by atoms with Crippen molar-refractivity contribution in [3.8, 4) is 5.75 Å². The van der Waals surface area contributed by atoms with E-state index in [1.165, 1.54) is 22.9 Å². The van der Waals surface area contributed by atoms with E-state index in [1.54, 1.807) is 0 Å². The van der Waals surface area contributed by atoms with Crippen LogP contribution >= 0.6 is 0 Å². The summed E-state index contributed by atoms with van der Waals surface area (Å²) in [4.78, 5) is 0. The van der Waals surface area contributed by atoms with Gasteiger partial charge in [0.2, 0.25) is 0 Å². The van der Waals surface area contributed by atoms with Crippen molar-refractivity contribution in [2.24, 2.45) is 0 Å². The van der Waals surface area contributed by atoms with Gasteiger partial charge in [-0.1, -0.05) is 30.3 Å². The summed E-state index contributed by atoms with van der Waals surface area (Å²) in [5.41, 5.74) is 2.48. The first kappa shape index (κ1) is 18.1. The van der Waals surface area contributed by atoms with Crippen LogP contribution in [0.15, 0.2) is 60.8 Å². The Morgan fingerprint density at radius 2 is 1.93 bits per heavy atom. The zero-order valence-electron chi connectivity index (χ0n) is 15.7. The van der Waals surface area contributed by atoms with Crippen LogP contribution in [-0.2, 0) is 22.4 Å². The predicted molar refractivity (Wildman–Crippen MR) is 107 cm³/mol. The Labute approximate surface area is 160 Å². The molecule has 1 atom stereocenters. The SMILES string of the molecule is c1ccc(CCOc2ccc3ccn(CCOC4CCCCO4)c3c2)cc1. The molecule has 0 saturated carbocycles. The largest absolute Gasteiger partial charge is 0.493 e. The summed E-state index contributed by atoms with van der Waals surface area (Å²) in [5.74, 6) is 0.912. The molecule has 4 nitrogen and oxygen atoms in total. The number of fused-ring (bicyclic) bond motifs is 1. The standard InChI is InChI=1S/C23H27NO3/c1-2-6-19(7-3-1)12-16-25-21-10-9-20-11-13-24(22(20)18-21)14-17-27-23-8-4-5-15-26-23/h1-3,6-7,9-11,13,18,23H,4-5,8,12,14-17H2. The van der Waals surface area contributed by atoms with Crippen LogP contribution in [0.3, 0.4) is 0 Å². The van der Waals surface area contributed by atoms with Gasteiger partial charge in [0, 0.05) is 31.8 Å². The third-order valence-corrected chi connectivity index (χ3v) is 5.02. The molecule has 0 aliphatic carbocycles. The van der Waals surface area contributed by atoms with Crippen LogP contribution in [0.5, 0.6) is 5.75 Å². The molecule has 4 rings (SSSR count). The minimum atomic E-state index is -0.0301. The third kappa shape index (κ3) is 4.90. The molecule has 1 fully saturated rings. The molecule has 0 amide bonds. The van der Waals surface area contributed by atoms with E-state index in [4.69, 9.17) is 14.2 Å². The van der Waals surface area contributed by atoms with E-state index in [9.17, 15) is 0 Å². The smallest absolute Gasteiger partial charge is 0.157 e. The Balaban J connectivity index is 1.32. The predicted octanol–water partition coefficient (Wildman–Crippen LogP) is 4.81. The second kappa shape index (κ2) is 9.07. The number of ether oxygens (including phenoxy) is 3. The number of rotatable bonds is 8. The van der Waals surface area contributed by atoms with Gasteiger partial charge in [0.25, 0.3) is 0 Å². The molecule has 3 aromatic rings. The molecule has 1 saturated heterocycles. The molecular formula is C23H27NO3. The molecule has 0 bridgehead atoms. The fraction of sp³-hybridized carbons (Fsp3) is 0.391. The summed E-state index contributed by atoms with van der Waals surface area (Å²) >= 11 is 0. The van der Waals surface area contributed by atoms with Crippen molar-refractivity contribution < 1.29 is 14.2 Å². The first-order valence-electron chi connectivity index (χ1n) is 9.87. The number of benzene rings is 2. The third-order valence-electron chi connectivity index (χ3n) is 5.02. The number of nitrogens with zero attached hydrogens (tertiary/aromatic N) is 1.